The van der Waals surface area contributed by atoms with Crippen LogP contribution in [0, 0.1) is 5.82 Å². The second kappa shape index (κ2) is 6.52. The number of ether oxygens (including phenoxy) is 3. The highest BCUT2D eigenvalue weighted by molar-refractivity contribution is 5.36. The van der Waals surface area contributed by atoms with Gasteiger partial charge in [-0.1, -0.05) is 6.07 Å². The summed E-state index contributed by atoms with van der Waals surface area (Å²) < 4.78 is 30.2. The third kappa shape index (κ3) is 3.11. The van der Waals surface area contributed by atoms with Gasteiger partial charge in [0.1, 0.15) is 17.2 Å². The molecule has 4 nitrogen and oxygen atoms in total. The van der Waals surface area contributed by atoms with Gasteiger partial charge in [-0.2, -0.15) is 0 Å². The number of methoxy groups -OCH3 is 2. The predicted octanol–water partition coefficient (Wildman–Crippen LogP) is 2.29. The number of benzene rings is 1. The molecule has 0 spiro atoms. The highest BCUT2D eigenvalue weighted by Gasteiger charge is 2.35. The molecule has 2 unspecified atom stereocenters. The molecule has 1 fully saturated rings. The lowest BCUT2D eigenvalue weighted by Crippen LogP contribution is -2.43. The molecule has 1 aliphatic heterocycles. The number of halogens is 1. The molecule has 1 aliphatic rings. The van der Waals surface area contributed by atoms with Gasteiger partial charge in [0.15, 0.2) is 0 Å². The van der Waals surface area contributed by atoms with Crippen molar-refractivity contribution in [2.45, 2.75) is 25.0 Å². The topological polar surface area (TPSA) is 39.7 Å². The summed E-state index contributed by atoms with van der Waals surface area (Å²) in [6.45, 7) is 3.80. The van der Waals surface area contributed by atoms with E-state index in [4.69, 9.17) is 14.2 Å². The highest BCUT2D eigenvalue weighted by Crippen LogP contribution is 2.29. The van der Waals surface area contributed by atoms with Crippen molar-refractivity contribution in [3.8, 4) is 5.75 Å². The summed E-state index contributed by atoms with van der Waals surface area (Å²) in [5.41, 5.74) is 0.229. The minimum atomic E-state index is -0.313. The van der Waals surface area contributed by atoms with Crippen LogP contribution in [-0.4, -0.2) is 39.6 Å². The van der Waals surface area contributed by atoms with Crippen LogP contribution < -0.4 is 10.1 Å². The number of nitrogens with one attached hydrogen (secondary N) is 1. The van der Waals surface area contributed by atoms with E-state index in [2.05, 4.69) is 5.32 Å². The van der Waals surface area contributed by atoms with E-state index in [9.17, 15) is 4.39 Å². The Morgan fingerprint density at radius 2 is 2.25 bits per heavy atom. The van der Waals surface area contributed by atoms with Crippen LogP contribution in [0.3, 0.4) is 0 Å². The Hall–Kier alpha value is -1.17. The fourth-order valence-corrected chi connectivity index (χ4v) is 2.52. The van der Waals surface area contributed by atoms with Crippen molar-refractivity contribution >= 4 is 0 Å². The van der Waals surface area contributed by atoms with Crippen molar-refractivity contribution in [3.05, 3.63) is 29.6 Å². The molecular formula is C15H22FNO3. The molecule has 5 heteroatoms. The van der Waals surface area contributed by atoms with Crippen molar-refractivity contribution in [1.82, 2.24) is 5.32 Å². The van der Waals surface area contributed by atoms with Gasteiger partial charge in [-0.3, -0.25) is 0 Å². The Balaban J connectivity index is 2.07. The van der Waals surface area contributed by atoms with Crippen LogP contribution in [-0.2, 0) is 9.47 Å². The maximum atomic E-state index is 14.0. The van der Waals surface area contributed by atoms with Gasteiger partial charge >= 0.3 is 0 Å². The van der Waals surface area contributed by atoms with Crippen molar-refractivity contribution < 1.29 is 18.6 Å². The summed E-state index contributed by atoms with van der Waals surface area (Å²) in [5, 5.41) is 3.32. The van der Waals surface area contributed by atoms with Crippen LogP contribution in [0.5, 0.6) is 5.75 Å². The predicted molar refractivity (Wildman–Crippen MR) is 74.5 cm³/mol. The molecule has 0 aliphatic carbocycles. The average molecular weight is 283 g/mol. The van der Waals surface area contributed by atoms with Gasteiger partial charge in [-0.25, -0.2) is 4.39 Å². The molecule has 1 aromatic carbocycles. The van der Waals surface area contributed by atoms with E-state index < -0.39 is 0 Å². The summed E-state index contributed by atoms with van der Waals surface area (Å²) in [7, 11) is 3.23. The maximum absolute atomic E-state index is 14.0. The van der Waals surface area contributed by atoms with Crippen molar-refractivity contribution in [2.24, 2.45) is 0 Å². The molecule has 1 saturated heterocycles. The molecule has 20 heavy (non-hydrogen) atoms. The van der Waals surface area contributed by atoms with Gasteiger partial charge in [0.25, 0.3) is 0 Å². The molecule has 1 N–H and O–H groups in total. The van der Waals surface area contributed by atoms with Crippen molar-refractivity contribution in [2.75, 3.05) is 34.0 Å². The van der Waals surface area contributed by atoms with Crippen LogP contribution in [0.15, 0.2) is 18.2 Å². The summed E-state index contributed by atoms with van der Waals surface area (Å²) >= 11 is 0. The summed E-state index contributed by atoms with van der Waals surface area (Å²) in [6, 6.07) is 4.69. The summed E-state index contributed by atoms with van der Waals surface area (Å²) in [4.78, 5) is 0. The number of rotatable bonds is 6. The van der Waals surface area contributed by atoms with E-state index in [1.165, 1.54) is 6.07 Å². The molecule has 2 rings (SSSR count). The summed E-state index contributed by atoms with van der Waals surface area (Å²) in [6.07, 6.45) is 0.845. The summed E-state index contributed by atoms with van der Waals surface area (Å²) in [5.74, 6) is 0.289. The lowest BCUT2D eigenvalue weighted by molar-refractivity contribution is -0.0173. The average Bonchev–Trinajstić information content (AvgIpc) is 2.94. The third-order valence-electron chi connectivity index (χ3n) is 3.90. The Labute approximate surface area is 119 Å². The molecule has 2 atom stereocenters. The molecule has 0 radical (unpaired) electrons. The molecule has 1 heterocycles. The minimum absolute atomic E-state index is 0.168. The smallest absolute Gasteiger partial charge is 0.131 e. The monoisotopic (exact) mass is 283 g/mol. The van der Waals surface area contributed by atoms with Crippen molar-refractivity contribution in [3.63, 3.8) is 0 Å². The van der Waals surface area contributed by atoms with Crippen LogP contribution in [0.4, 0.5) is 4.39 Å². The van der Waals surface area contributed by atoms with Crippen LogP contribution >= 0.6 is 0 Å². The second-order valence-corrected chi connectivity index (χ2v) is 5.15. The van der Waals surface area contributed by atoms with E-state index in [0.717, 1.165) is 6.42 Å². The normalized spacial score (nSPS) is 23.8. The van der Waals surface area contributed by atoms with Gasteiger partial charge in [0.05, 0.1) is 13.7 Å². The molecule has 1 aromatic rings. The molecule has 0 amide bonds. The molecule has 0 saturated carbocycles. The van der Waals surface area contributed by atoms with Gasteiger partial charge in [-0.05, 0) is 19.1 Å². The van der Waals surface area contributed by atoms with Gasteiger partial charge in [-0.15, -0.1) is 0 Å². The van der Waals surface area contributed by atoms with Crippen LogP contribution in [0.2, 0.25) is 0 Å². The maximum Gasteiger partial charge on any atom is 0.131 e. The number of hydrogen-bond donors (Lipinski definition) is 1. The second-order valence-electron chi connectivity index (χ2n) is 5.15. The third-order valence-corrected chi connectivity index (χ3v) is 3.90. The largest absolute Gasteiger partial charge is 0.496 e. The zero-order valence-electron chi connectivity index (χ0n) is 12.2. The zero-order valence-corrected chi connectivity index (χ0v) is 12.2. The first-order chi connectivity index (χ1) is 9.62. The first-order valence-electron chi connectivity index (χ1n) is 6.80. The number of hydrogen-bond acceptors (Lipinski definition) is 4. The molecule has 0 aromatic heterocycles. The quantitative estimate of drug-likeness (QED) is 0.869. The van der Waals surface area contributed by atoms with Gasteiger partial charge < -0.3 is 19.5 Å². The Bertz CT molecular complexity index is 447. The molecule has 0 bridgehead atoms. The van der Waals surface area contributed by atoms with E-state index in [-0.39, 0.29) is 17.5 Å². The first kappa shape index (κ1) is 15.2. The van der Waals surface area contributed by atoms with Crippen molar-refractivity contribution in [1.29, 1.82) is 0 Å². The lowest BCUT2D eigenvalue weighted by Gasteiger charge is -2.28. The van der Waals surface area contributed by atoms with Gasteiger partial charge in [0.2, 0.25) is 0 Å². The van der Waals surface area contributed by atoms with E-state index in [1.807, 2.05) is 6.92 Å². The van der Waals surface area contributed by atoms with E-state index in [1.54, 1.807) is 26.4 Å². The Kier molecular flexibility index (Phi) is 4.96. The fourth-order valence-electron chi connectivity index (χ4n) is 2.52. The van der Waals surface area contributed by atoms with Gasteiger partial charge in [0, 0.05) is 38.3 Å². The lowest BCUT2D eigenvalue weighted by atomic mass is 10.0. The Morgan fingerprint density at radius 3 is 2.85 bits per heavy atom. The van der Waals surface area contributed by atoms with Crippen LogP contribution in [0.25, 0.3) is 0 Å². The van der Waals surface area contributed by atoms with E-state index >= 15 is 0 Å². The zero-order chi connectivity index (χ0) is 14.6. The fraction of sp³-hybridized carbons (Fsp3) is 0.600. The molecule has 112 valence electrons. The Morgan fingerprint density at radius 1 is 1.45 bits per heavy atom. The van der Waals surface area contributed by atoms with E-state index in [0.29, 0.717) is 31.1 Å². The SMILES string of the molecule is COc1cccc(F)c1C(C)NCC1(OC)CCOC1. The first-order valence-corrected chi connectivity index (χ1v) is 6.80. The van der Waals surface area contributed by atoms with Crippen LogP contribution in [0.1, 0.15) is 24.9 Å². The molecular weight excluding hydrogens is 261 g/mol. The minimum Gasteiger partial charge on any atom is -0.496 e. The highest BCUT2D eigenvalue weighted by atomic mass is 19.1. The standard InChI is InChI=1S/C15H22FNO3/c1-11(14-12(16)5-4-6-13(14)18-2)17-9-15(19-3)7-8-20-10-15/h4-6,11,17H,7-10H2,1-3H3.